The molecule has 2 fully saturated rings. The van der Waals surface area contributed by atoms with Crippen LogP contribution in [-0.2, 0) is 16.1 Å². The maximum absolute atomic E-state index is 13.6. The number of nitrogens with zero attached hydrogens (tertiary/aromatic N) is 3. The van der Waals surface area contributed by atoms with E-state index < -0.39 is 5.91 Å². The van der Waals surface area contributed by atoms with Crippen molar-refractivity contribution in [3.05, 3.63) is 70.8 Å². The van der Waals surface area contributed by atoms with Gasteiger partial charge in [-0.2, -0.15) is 0 Å². The molecule has 0 bridgehead atoms. The van der Waals surface area contributed by atoms with E-state index >= 15 is 0 Å². The largest absolute Gasteiger partial charge is 0.368 e. The SMILES string of the molecule is Cc1c(C=C2SC(=Nc3ccccc3)N(C3CCCC3)C2=O)c2ccccc2n1CC(N)=O. The Kier molecular flexibility index (Phi) is 5.81. The van der Waals surface area contributed by atoms with Crippen LogP contribution in [0.25, 0.3) is 17.0 Å². The molecule has 1 aliphatic carbocycles. The van der Waals surface area contributed by atoms with Crippen molar-refractivity contribution < 1.29 is 9.59 Å². The molecular weight excluding hydrogens is 432 g/mol. The van der Waals surface area contributed by atoms with Crippen LogP contribution in [0.2, 0.25) is 0 Å². The second-order valence-corrected chi connectivity index (χ2v) is 9.53. The van der Waals surface area contributed by atoms with E-state index in [2.05, 4.69) is 0 Å². The zero-order chi connectivity index (χ0) is 22.9. The number of hydrogen-bond acceptors (Lipinski definition) is 4. The van der Waals surface area contributed by atoms with Crippen molar-refractivity contribution in [3.63, 3.8) is 0 Å². The number of benzene rings is 2. The molecule has 1 aliphatic heterocycles. The lowest BCUT2D eigenvalue weighted by atomic mass is 10.1. The van der Waals surface area contributed by atoms with Gasteiger partial charge in [0.2, 0.25) is 5.91 Å². The number of primary amides is 1. The zero-order valence-electron chi connectivity index (χ0n) is 18.5. The number of para-hydroxylation sites is 2. The highest BCUT2D eigenvalue weighted by molar-refractivity contribution is 8.18. The molecule has 2 aromatic carbocycles. The molecule has 3 aromatic rings. The highest BCUT2D eigenvalue weighted by atomic mass is 32.2. The van der Waals surface area contributed by atoms with Crippen molar-refractivity contribution in [1.82, 2.24) is 9.47 Å². The molecule has 0 atom stereocenters. The van der Waals surface area contributed by atoms with Gasteiger partial charge >= 0.3 is 0 Å². The molecule has 2 amide bonds. The Labute approximate surface area is 197 Å². The molecule has 1 saturated carbocycles. The summed E-state index contributed by atoms with van der Waals surface area (Å²) < 4.78 is 1.92. The van der Waals surface area contributed by atoms with Crippen molar-refractivity contribution >= 4 is 51.4 Å². The molecule has 2 aliphatic rings. The van der Waals surface area contributed by atoms with E-state index in [-0.39, 0.29) is 18.5 Å². The summed E-state index contributed by atoms with van der Waals surface area (Å²) in [6.45, 7) is 2.07. The average Bonchev–Trinajstić information content (AvgIpc) is 3.49. The van der Waals surface area contributed by atoms with Gasteiger partial charge in [-0.1, -0.05) is 49.2 Å². The predicted molar refractivity (Wildman–Crippen MR) is 134 cm³/mol. The molecule has 0 spiro atoms. The van der Waals surface area contributed by atoms with E-state index in [1.165, 1.54) is 11.8 Å². The van der Waals surface area contributed by atoms with Gasteiger partial charge in [0.05, 0.1) is 10.6 Å². The van der Waals surface area contributed by atoms with Crippen LogP contribution in [0, 0.1) is 6.92 Å². The standard InChI is InChI=1S/C26H26N4O2S/c1-17-21(20-13-7-8-14-22(20)29(17)16-24(27)31)15-23-25(32)30(19-11-5-6-12-19)26(33-23)28-18-9-3-2-4-10-18/h2-4,7-10,13-15,19H,5-6,11-12,16H2,1H3,(H2,27,31). The Balaban J connectivity index is 1.60. The summed E-state index contributed by atoms with van der Waals surface area (Å²) in [4.78, 5) is 32.7. The van der Waals surface area contributed by atoms with Crippen LogP contribution in [-0.4, -0.2) is 32.5 Å². The van der Waals surface area contributed by atoms with Crippen LogP contribution in [0.3, 0.4) is 0 Å². The van der Waals surface area contributed by atoms with Gasteiger partial charge in [0, 0.05) is 28.2 Å². The molecule has 2 heterocycles. The van der Waals surface area contributed by atoms with Crippen LogP contribution >= 0.6 is 11.8 Å². The van der Waals surface area contributed by atoms with Gasteiger partial charge in [0.1, 0.15) is 6.54 Å². The molecule has 1 aromatic heterocycles. The smallest absolute Gasteiger partial charge is 0.267 e. The molecule has 2 N–H and O–H groups in total. The second-order valence-electron chi connectivity index (χ2n) is 8.52. The van der Waals surface area contributed by atoms with Crippen molar-refractivity contribution in [1.29, 1.82) is 0 Å². The van der Waals surface area contributed by atoms with Crippen LogP contribution in [0.1, 0.15) is 36.9 Å². The molecule has 0 unspecified atom stereocenters. The summed E-state index contributed by atoms with van der Waals surface area (Å²) in [7, 11) is 0. The third-order valence-electron chi connectivity index (χ3n) is 6.38. The molecule has 1 saturated heterocycles. The van der Waals surface area contributed by atoms with Gasteiger partial charge in [-0.25, -0.2) is 4.99 Å². The van der Waals surface area contributed by atoms with E-state index in [1.807, 2.05) is 77.1 Å². The Hall–Kier alpha value is -3.32. The summed E-state index contributed by atoms with van der Waals surface area (Å²) in [6, 6.07) is 17.9. The number of nitrogens with two attached hydrogens (primary N) is 1. The molecule has 168 valence electrons. The zero-order valence-corrected chi connectivity index (χ0v) is 19.3. The summed E-state index contributed by atoms with van der Waals surface area (Å²) in [5.74, 6) is -0.387. The van der Waals surface area contributed by atoms with Gasteiger partial charge in [-0.3, -0.25) is 14.5 Å². The maximum Gasteiger partial charge on any atom is 0.267 e. The number of carbonyl (C=O) groups excluding carboxylic acids is 2. The molecule has 5 rings (SSSR count). The molecular formula is C26H26N4O2S. The van der Waals surface area contributed by atoms with E-state index in [9.17, 15) is 9.59 Å². The maximum atomic E-state index is 13.6. The van der Waals surface area contributed by atoms with Crippen LogP contribution < -0.4 is 5.73 Å². The first kappa shape index (κ1) is 21.5. The van der Waals surface area contributed by atoms with Crippen molar-refractivity contribution in [2.24, 2.45) is 10.7 Å². The van der Waals surface area contributed by atoms with E-state index in [0.29, 0.717) is 4.91 Å². The van der Waals surface area contributed by atoms with E-state index in [4.69, 9.17) is 10.7 Å². The summed E-state index contributed by atoms with van der Waals surface area (Å²) in [5, 5.41) is 1.74. The highest BCUT2D eigenvalue weighted by Gasteiger charge is 2.39. The fourth-order valence-electron chi connectivity index (χ4n) is 4.79. The molecule has 0 radical (unpaired) electrons. The third kappa shape index (κ3) is 4.09. The lowest BCUT2D eigenvalue weighted by Gasteiger charge is -2.22. The number of fused-ring (bicyclic) bond motifs is 1. The van der Waals surface area contributed by atoms with Gasteiger partial charge < -0.3 is 10.3 Å². The number of amides is 2. The van der Waals surface area contributed by atoms with Crippen molar-refractivity contribution in [2.45, 2.75) is 45.2 Å². The number of hydrogen-bond donors (Lipinski definition) is 1. The highest BCUT2D eigenvalue weighted by Crippen LogP contribution is 2.40. The van der Waals surface area contributed by atoms with Gasteiger partial charge in [0.25, 0.3) is 5.91 Å². The normalized spacial score (nSPS) is 19.4. The molecule has 33 heavy (non-hydrogen) atoms. The number of aromatic nitrogens is 1. The second kappa shape index (κ2) is 8.90. The predicted octanol–water partition coefficient (Wildman–Crippen LogP) is 4.98. The van der Waals surface area contributed by atoms with E-state index in [1.54, 1.807) is 0 Å². The van der Waals surface area contributed by atoms with Crippen molar-refractivity contribution in [2.75, 3.05) is 0 Å². The molecule has 7 heteroatoms. The minimum atomic E-state index is -0.394. The minimum absolute atomic E-state index is 0.00714. The summed E-state index contributed by atoms with van der Waals surface area (Å²) in [6.07, 6.45) is 6.24. The fourth-order valence-corrected chi connectivity index (χ4v) is 5.83. The summed E-state index contributed by atoms with van der Waals surface area (Å²) >= 11 is 1.43. The number of aliphatic imine (C=N–C) groups is 1. The monoisotopic (exact) mass is 458 g/mol. The molecule has 6 nitrogen and oxygen atoms in total. The number of thioether (sulfide) groups is 1. The fraction of sp³-hybridized carbons (Fsp3) is 0.269. The number of rotatable bonds is 5. The Bertz CT molecular complexity index is 1290. The minimum Gasteiger partial charge on any atom is -0.368 e. The lowest BCUT2D eigenvalue weighted by Crippen LogP contribution is -2.37. The first-order valence-electron chi connectivity index (χ1n) is 11.3. The average molecular weight is 459 g/mol. The van der Waals surface area contributed by atoms with Crippen LogP contribution in [0.4, 0.5) is 5.69 Å². The van der Waals surface area contributed by atoms with E-state index in [0.717, 1.165) is 58.7 Å². The Morgan fingerprint density at radius 3 is 2.55 bits per heavy atom. The van der Waals surface area contributed by atoms with Crippen LogP contribution in [0.5, 0.6) is 0 Å². The first-order valence-corrected chi connectivity index (χ1v) is 12.1. The first-order chi connectivity index (χ1) is 16.0. The van der Waals surface area contributed by atoms with Gasteiger partial charge in [0.15, 0.2) is 5.17 Å². The van der Waals surface area contributed by atoms with Crippen molar-refractivity contribution in [3.8, 4) is 0 Å². The number of amidine groups is 1. The topological polar surface area (TPSA) is 80.7 Å². The van der Waals surface area contributed by atoms with Crippen LogP contribution in [0.15, 0.2) is 64.5 Å². The third-order valence-corrected chi connectivity index (χ3v) is 7.36. The quantitative estimate of drug-likeness (QED) is 0.548. The van der Waals surface area contributed by atoms with Gasteiger partial charge in [-0.05, 0) is 55.8 Å². The number of carbonyl (C=O) groups is 2. The lowest BCUT2D eigenvalue weighted by molar-refractivity contribution is -0.123. The Morgan fingerprint density at radius 1 is 1.12 bits per heavy atom. The Morgan fingerprint density at radius 2 is 1.82 bits per heavy atom. The van der Waals surface area contributed by atoms with Gasteiger partial charge in [-0.15, -0.1) is 0 Å². The summed E-state index contributed by atoms with van der Waals surface area (Å²) in [5.41, 5.74) is 9.13.